The topological polar surface area (TPSA) is 38.9 Å². The minimum absolute atomic E-state index is 0.190. The summed E-state index contributed by atoms with van der Waals surface area (Å²) in [5.41, 5.74) is 0. The largest absolute Gasteiger partial charge is 0.322 e. The first kappa shape index (κ1) is 3.55. The maximum atomic E-state index is 4.41. The summed E-state index contributed by atoms with van der Waals surface area (Å²) in [6.45, 7) is 0. The highest BCUT2D eigenvalue weighted by Gasteiger charge is 1.83. The lowest BCUT2D eigenvalue weighted by Crippen LogP contribution is -1.51. The van der Waals surface area contributed by atoms with E-state index < -0.39 is 0 Å². The van der Waals surface area contributed by atoms with Crippen molar-refractivity contribution in [2.45, 2.75) is 5.22 Å². The van der Waals surface area contributed by atoms with Crippen molar-refractivity contribution in [1.29, 1.82) is 0 Å². The fourth-order valence-electron chi connectivity index (χ4n) is 0.163. The smallest absolute Gasteiger partial charge is 0.316 e. The number of rotatable bonds is 0. The second-order valence-electron chi connectivity index (χ2n) is 0.707. The Balaban J connectivity index is 3.05. The Hall–Kier alpha value is -0.640. The lowest BCUT2D eigenvalue weighted by atomic mass is 11.3. The third kappa shape index (κ3) is 0.463. The van der Waals surface area contributed by atoms with E-state index in [-0.39, 0.29) is 5.22 Å². The van der Waals surface area contributed by atoms with Crippen molar-refractivity contribution in [3.05, 3.63) is 6.33 Å². The van der Waals surface area contributed by atoms with Crippen LogP contribution in [0, 0.1) is 0 Å². The van der Waals surface area contributed by atoms with Crippen LogP contribution in [0.25, 0.3) is 0 Å². The van der Waals surface area contributed by atoms with E-state index in [2.05, 4.69) is 27.3 Å². The van der Waals surface area contributed by atoms with Crippen molar-refractivity contribution in [3.63, 3.8) is 0 Å². The molecule has 0 aliphatic rings. The summed E-state index contributed by atoms with van der Waals surface area (Å²) < 4.78 is 4.29. The molecule has 0 fully saturated rings. The van der Waals surface area contributed by atoms with Gasteiger partial charge in [0, 0.05) is 0 Å². The van der Waals surface area contributed by atoms with Gasteiger partial charge in [0.15, 0.2) is 6.33 Å². The minimum Gasteiger partial charge on any atom is -0.322 e. The molecule has 1 aromatic rings. The quantitative estimate of drug-likeness (QED) is 0.481. The zero-order chi connectivity index (χ0) is 4.41. The zero-order valence-corrected chi connectivity index (χ0v) is 3.60. The molecule has 0 unspecified atom stereocenters. The van der Waals surface area contributed by atoms with Gasteiger partial charge in [-0.15, -0.1) is 0 Å². The van der Waals surface area contributed by atoms with Crippen LogP contribution in [0.4, 0.5) is 0 Å². The predicted molar refractivity (Wildman–Crippen MR) is 20.2 cm³/mol. The molecule has 0 aromatic carbocycles. The van der Waals surface area contributed by atoms with Gasteiger partial charge in [0.2, 0.25) is 0 Å². The Labute approximate surface area is 39.8 Å². The third-order valence-corrected chi connectivity index (χ3v) is 0.521. The number of aromatic nitrogens is 2. The van der Waals surface area contributed by atoms with Crippen molar-refractivity contribution in [2.24, 2.45) is 0 Å². The Kier molecular flexibility index (Phi) is 0.719. The summed E-state index contributed by atoms with van der Waals surface area (Å²) in [6.07, 6.45) is 1.27. The summed E-state index contributed by atoms with van der Waals surface area (Å²) in [6, 6.07) is 0. The van der Waals surface area contributed by atoms with Gasteiger partial charge in [0.1, 0.15) is 0 Å². The molecule has 0 N–H and O–H groups in total. The first-order valence-electron chi connectivity index (χ1n) is 1.33. The highest BCUT2D eigenvalue weighted by molar-refractivity contribution is 7.80. The van der Waals surface area contributed by atoms with E-state index in [1.54, 1.807) is 0 Å². The monoisotopic (exact) mass is 101 g/mol. The fraction of sp³-hybridized carbons (Fsp3) is 0. The van der Waals surface area contributed by atoms with Crippen LogP contribution in [0.2, 0.25) is 0 Å². The summed E-state index contributed by atoms with van der Waals surface area (Å²) >= 11 is 4.41. The molecule has 1 aromatic heterocycles. The highest BCUT2D eigenvalue weighted by atomic mass is 32.1. The lowest BCUT2D eigenvalue weighted by Gasteiger charge is -1.59. The molecule has 3 nitrogen and oxygen atoms in total. The SMILES string of the molecule is [S]c1ncno1. The summed E-state index contributed by atoms with van der Waals surface area (Å²) in [5, 5.41) is 3.42. The van der Waals surface area contributed by atoms with Gasteiger partial charge in [-0.05, 0) is 12.6 Å². The molecule has 6 heavy (non-hydrogen) atoms. The summed E-state index contributed by atoms with van der Waals surface area (Å²) in [5.74, 6) is 0. The number of hydrogen-bond donors (Lipinski definition) is 0. The Morgan fingerprint density at radius 1 is 1.83 bits per heavy atom. The molecule has 0 spiro atoms. The van der Waals surface area contributed by atoms with Crippen LogP contribution in [0.15, 0.2) is 16.1 Å². The molecule has 31 valence electrons. The van der Waals surface area contributed by atoms with Crippen LogP contribution in [0.3, 0.4) is 0 Å². The number of hydrogen-bond acceptors (Lipinski definition) is 3. The minimum atomic E-state index is 0.190. The van der Waals surface area contributed by atoms with Gasteiger partial charge in [-0.25, -0.2) is 0 Å². The first-order valence-corrected chi connectivity index (χ1v) is 1.74. The number of nitrogens with zero attached hydrogens (tertiary/aromatic N) is 2. The van der Waals surface area contributed by atoms with Gasteiger partial charge in [-0.1, -0.05) is 5.16 Å². The molecular weight excluding hydrogens is 100 g/mol. The molecule has 1 heterocycles. The van der Waals surface area contributed by atoms with Gasteiger partial charge in [0.05, 0.1) is 0 Å². The summed E-state index contributed by atoms with van der Waals surface area (Å²) in [4.78, 5) is 3.45. The summed E-state index contributed by atoms with van der Waals surface area (Å²) in [7, 11) is 0. The van der Waals surface area contributed by atoms with E-state index in [1.165, 1.54) is 6.33 Å². The van der Waals surface area contributed by atoms with E-state index in [9.17, 15) is 0 Å². The lowest BCUT2D eigenvalue weighted by molar-refractivity contribution is 0.341. The molecule has 0 bridgehead atoms. The van der Waals surface area contributed by atoms with Gasteiger partial charge < -0.3 is 4.52 Å². The molecule has 0 aliphatic heterocycles. The van der Waals surface area contributed by atoms with Crippen molar-refractivity contribution in [2.75, 3.05) is 0 Å². The molecule has 1 radical (unpaired) electrons. The third-order valence-electron chi connectivity index (χ3n) is 0.341. The van der Waals surface area contributed by atoms with Crippen LogP contribution in [0.5, 0.6) is 0 Å². The molecule has 0 saturated heterocycles. The maximum Gasteiger partial charge on any atom is 0.316 e. The van der Waals surface area contributed by atoms with Crippen LogP contribution in [-0.4, -0.2) is 10.1 Å². The van der Waals surface area contributed by atoms with E-state index in [0.29, 0.717) is 0 Å². The van der Waals surface area contributed by atoms with E-state index in [4.69, 9.17) is 0 Å². The van der Waals surface area contributed by atoms with Crippen LogP contribution >= 0.6 is 12.6 Å². The first-order chi connectivity index (χ1) is 2.89. The molecule has 1 rings (SSSR count). The Morgan fingerprint density at radius 3 is 2.83 bits per heavy atom. The Bertz CT molecular complexity index is 115. The van der Waals surface area contributed by atoms with E-state index in [0.717, 1.165) is 0 Å². The average Bonchev–Trinajstić information content (AvgIpc) is 1.86. The van der Waals surface area contributed by atoms with Crippen molar-refractivity contribution < 1.29 is 4.52 Å². The van der Waals surface area contributed by atoms with E-state index in [1.807, 2.05) is 0 Å². The van der Waals surface area contributed by atoms with Gasteiger partial charge in [-0.3, -0.25) is 0 Å². The van der Waals surface area contributed by atoms with Crippen LogP contribution in [-0.2, 0) is 0 Å². The highest BCUT2D eigenvalue weighted by Crippen LogP contribution is 1.92. The fourth-order valence-corrected chi connectivity index (χ4v) is 0.253. The van der Waals surface area contributed by atoms with E-state index >= 15 is 0 Å². The van der Waals surface area contributed by atoms with Gasteiger partial charge in [0.25, 0.3) is 0 Å². The van der Waals surface area contributed by atoms with Crippen molar-refractivity contribution >= 4 is 12.6 Å². The Morgan fingerprint density at radius 2 is 2.67 bits per heavy atom. The predicted octanol–water partition coefficient (Wildman–Crippen LogP) is 0.626. The van der Waals surface area contributed by atoms with Gasteiger partial charge >= 0.3 is 5.22 Å². The zero-order valence-electron chi connectivity index (χ0n) is 2.79. The molecule has 4 heteroatoms. The van der Waals surface area contributed by atoms with Crippen molar-refractivity contribution in [3.8, 4) is 0 Å². The molecule has 0 saturated carbocycles. The standard InChI is InChI=1S/C2HN2OS/c6-2-3-1-4-5-2/h1H. The van der Waals surface area contributed by atoms with Crippen LogP contribution < -0.4 is 0 Å². The average molecular weight is 101 g/mol. The molecule has 0 aliphatic carbocycles. The second-order valence-corrected chi connectivity index (χ2v) is 1.06. The maximum absolute atomic E-state index is 4.41. The molecule has 0 atom stereocenters. The normalized spacial score (nSPS) is 8.67. The molecule has 0 amide bonds. The van der Waals surface area contributed by atoms with Crippen molar-refractivity contribution in [1.82, 2.24) is 10.1 Å². The van der Waals surface area contributed by atoms with Gasteiger partial charge in [-0.2, -0.15) is 4.98 Å². The molecular formula is C2HN2OS. The van der Waals surface area contributed by atoms with Crippen LogP contribution in [0.1, 0.15) is 0 Å². The second kappa shape index (κ2) is 1.22.